The van der Waals surface area contributed by atoms with Gasteiger partial charge in [0.25, 0.3) is 0 Å². The summed E-state index contributed by atoms with van der Waals surface area (Å²) in [5, 5.41) is 0. The van der Waals surface area contributed by atoms with Crippen LogP contribution >= 0.6 is 0 Å². The van der Waals surface area contributed by atoms with Gasteiger partial charge in [-0.1, -0.05) is 18.9 Å². The van der Waals surface area contributed by atoms with Crippen molar-refractivity contribution in [3.05, 3.63) is 30.1 Å². The molecule has 1 fully saturated rings. The van der Waals surface area contributed by atoms with Crippen LogP contribution in [0.1, 0.15) is 25.7 Å². The van der Waals surface area contributed by atoms with Gasteiger partial charge in [0.1, 0.15) is 5.82 Å². The maximum absolute atomic E-state index is 13.1. The van der Waals surface area contributed by atoms with Gasteiger partial charge in [0.2, 0.25) is 10.0 Å². The van der Waals surface area contributed by atoms with Crippen molar-refractivity contribution < 1.29 is 12.8 Å². The molecule has 0 bridgehead atoms. The molecule has 0 amide bonds. The summed E-state index contributed by atoms with van der Waals surface area (Å²) >= 11 is 0. The first-order chi connectivity index (χ1) is 9.53. The number of halogens is 1. The minimum atomic E-state index is -3.64. The Labute approximate surface area is 119 Å². The van der Waals surface area contributed by atoms with Crippen LogP contribution in [0.25, 0.3) is 0 Å². The number of sulfonamides is 1. The van der Waals surface area contributed by atoms with Gasteiger partial charge in [0.15, 0.2) is 0 Å². The summed E-state index contributed by atoms with van der Waals surface area (Å²) in [6, 6.07) is 5.05. The van der Waals surface area contributed by atoms with E-state index >= 15 is 0 Å². The molecule has 1 aliphatic rings. The lowest BCUT2D eigenvalue weighted by atomic mass is 9.79. The van der Waals surface area contributed by atoms with Crippen LogP contribution in [-0.4, -0.2) is 21.5 Å². The largest absolute Gasteiger partial charge is 0.330 e. The highest BCUT2D eigenvalue weighted by Gasteiger charge is 2.25. The van der Waals surface area contributed by atoms with Gasteiger partial charge in [-0.15, -0.1) is 0 Å². The molecule has 0 aromatic heterocycles. The first-order valence-corrected chi connectivity index (χ1v) is 8.46. The van der Waals surface area contributed by atoms with Crippen LogP contribution in [0.4, 0.5) is 4.39 Å². The fraction of sp³-hybridized carbons (Fsp3) is 0.571. The van der Waals surface area contributed by atoms with E-state index in [1.165, 1.54) is 18.2 Å². The Kier molecular flexibility index (Phi) is 5.12. The average molecular weight is 300 g/mol. The highest BCUT2D eigenvalue weighted by Crippen LogP contribution is 2.29. The lowest BCUT2D eigenvalue weighted by Crippen LogP contribution is -2.36. The Hall–Kier alpha value is -0.980. The predicted octanol–water partition coefficient (Wildman–Crippen LogP) is 1.87. The molecule has 1 aromatic rings. The van der Waals surface area contributed by atoms with E-state index in [2.05, 4.69) is 4.72 Å². The van der Waals surface area contributed by atoms with Crippen LogP contribution in [0.15, 0.2) is 29.2 Å². The summed E-state index contributed by atoms with van der Waals surface area (Å²) in [4.78, 5) is -0.0300. The Morgan fingerprint density at radius 3 is 2.60 bits per heavy atom. The normalized spacial score (nSPS) is 23.7. The third-order valence-electron chi connectivity index (χ3n) is 4.01. The number of hydrogen-bond acceptors (Lipinski definition) is 3. The lowest BCUT2D eigenvalue weighted by Gasteiger charge is -2.30. The summed E-state index contributed by atoms with van der Waals surface area (Å²) in [7, 11) is -3.64. The standard InChI is InChI=1S/C14H21FN2O2S/c15-13-6-3-7-14(8-13)20(18,19)17-10-12-5-2-1-4-11(12)9-16/h3,6-8,11-12,17H,1-2,4-5,9-10,16H2. The van der Waals surface area contributed by atoms with Gasteiger partial charge in [0.05, 0.1) is 4.90 Å². The molecule has 20 heavy (non-hydrogen) atoms. The molecular weight excluding hydrogens is 279 g/mol. The number of nitrogens with one attached hydrogen (secondary N) is 1. The fourth-order valence-electron chi connectivity index (χ4n) is 2.80. The van der Waals surface area contributed by atoms with E-state index in [0.717, 1.165) is 31.7 Å². The van der Waals surface area contributed by atoms with Crippen molar-refractivity contribution in [1.29, 1.82) is 0 Å². The van der Waals surface area contributed by atoms with Gasteiger partial charge < -0.3 is 5.73 Å². The Balaban J connectivity index is 2.02. The van der Waals surface area contributed by atoms with E-state index in [1.54, 1.807) is 0 Å². The molecule has 0 spiro atoms. The maximum Gasteiger partial charge on any atom is 0.240 e. The van der Waals surface area contributed by atoms with Gasteiger partial charge in [-0.25, -0.2) is 17.5 Å². The fourth-order valence-corrected chi connectivity index (χ4v) is 3.92. The predicted molar refractivity (Wildman–Crippen MR) is 76.1 cm³/mol. The Morgan fingerprint density at radius 1 is 1.25 bits per heavy atom. The molecule has 112 valence electrons. The minimum absolute atomic E-state index is 0.0300. The second kappa shape index (κ2) is 6.65. The maximum atomic E-state index is 13.1. The molecule has 2 rings (SSSR count). The minimum Gasteiger partial charge on any atom is -0.330 e. The molecule has 0 aliphatic heterocycles. The van der Waals surface area contributed by atoms with Crippen LogP contribution in [0.3, 0.4) is 0 Å². The molecule has 1 aromatic carbocycles. The molecule has 2 unspecified atom stereocenters. The van der Waals surface area contributed by atoms with Crippen LogP contribution in [0.5, 0.6) is 0 Å². The van der Waals surface area contributed by atoms with E-state index in [0.29, 0.717) is 19.0 Å². The van der Waals surface area contributed by atoms with E-state index in [9.17, 15) is 12.8 Å². The Bertz CT molecular complexity index is 548. The van der Waals surface area contributed by atoms with E-state index in [1.807, 2.05) is 0 Å². The van der Waals surface area contributed by atoms with Gasteiger partial charge in [-0.2, -0.15) is 0 Å². The van der Waals surface area contributed by atoms with Crippen LogP contribution < -0.4 is 10.5 Å². The highest BCUT2D eigenvalue weighted by atomic mass is 32.2. The van der Waals surface area contributed by atoms with E-state index < -0.39 is 15.8 Å². The lowest BCUT2D eigenvalue weighted by molar-refractivity contribution is 0.244. The number of nitrogens with two attached hydrogens (primary N) is 1. The Morgan fingerprint density at radius 2 is 1.95 bits per heavy atom. The first kappa shape index (κ1) is 15.4. The van der Waals surface area contributed by atoms with Gasteiger partial charge in [0, 0.05) is 6.54 Å². The molecule has 6 heteroatoms. The molecule has 0 heterocycles. The van der Waals surface area contributed by atoms with Crippen molar-refractivity contribution in [2.45, 2.75) is 30.6 Å². The average Bonchev–Trinajstić information content (AvgIpc) is 2.45. The monoisotopic (exact) mass is 300 g/mol. The summed E-state index contributed by atoms with van der Waals surface area (Å²) in [6.07, 6.45) is 4.33. The summed E-state index contributed by atoms with van der Waals surface area (Å²) in [5.41, 5.74) is 5.74. The molecular formula is C14H21FN2O2S. The molecule has 3 N–H and O–H groups in total. The zero-order chi connectivity index (χ0) is 14.6. The van der Waals surface area contributed by atoms with Crippen LogP contribution in [0, 0.1) is 17.7 Å². The molecule has 2 atom stereocenters. The smallest absolute Gasteiger partial charge is 0.240 e. The van der Waals surface area contributed by atoms with Crippen molar-refractivity contribution in [3.63, 3.8) is 0 Å². The number of benzene rings is 1. The second-order valence-electron chi connectivity index (χ2n) is 5.35. The summed E-state index contributed by atoms with van der Waals surface area (Å²) < 4.78 is 39.9. The summed E-state index contributed by atoms with van der Waals surface area (Å²) in [6.45, 7) is 0.965. The zero-order valence-corrected chi connectivity index (χ0v) is 12.2. The quantitative estimate of drug-likeness (QED) is 0.872. The first-order valence-electron chi connectivity index (χ1n) is 6.98. The molecule has 4 nitrogen and oxygen atoms in total. The van der Waals surface area contributed by atoms with Crippen molar-refractivity contribution in [2.75, 3.05) is 13.1 Å². The second-order valence-corrected chi connectivity index (χ2v) is 7.12. The molecule has 0 radical (unpaired) electrons. The molecule has 0 saturated heterocycles. The topological polar surface area (TPSA) is 72.2 Å². The highest BCUT2D eigenvalue weighted by molar-refractivity contribution is 7.89. The van der Waals surface area contributed by atoms with Gasteiger partial charge >= 0.3 is 0 Å². The summed E-state index contributed by atoms with van der Waals surface area (Å²) in [5.74, 6) is 0.0985. The van der Waals surface area contributed by atoms with Crippen LogP contribution in [0.2, 0.25) is 0 Å². The van der Waals surface area contributed by atoms with Crippen molar-refractivity contribution >= 4 is 10.0 Å². The number of hydrogen-bond donors (Lipinski definition) is 2. The van der Waals surface area contributed by atoms with Gasteiger partial charge in [-0.3, -0.25) is 0 Å². The van der Waals surface area contributed by atoms with Gasteiger partial charge in [-0.05, 0) is 49.4 Å². The van der Waals surface area contributed by atoms with Crippen molar-refractivity contribution in [1.82, 2.24) is 4.72 Å². The van der Waals surface area contributed by atoms with Crippen LogP contribution in [-0.2, 0) is 10.0 Å². The zero-order valence-electron chi connectivity index (χ0n) is 11.4. The van der Waals surface area contributed by atoms with E-state index in [4.69, 9.17) is 5.73 Å². The van der Waals surface area contributed by atoms with E-state index in [-0.39, 0.29) is 10.8 Å². The molecule has 1 aliphatic carbocycles. The third kappa shape index (κ3) is 3.77. The third-order valence-corrected chi connectivity index (χ3v) is 5.43. The van der Waals surface area contributed by atoms with Crippen molar-refractivity contribution in [3.8, 4) is 0 Å². The molecule has 1 saturated carbocycles. The number of rotatable bonds is 5. The van der Waals surface area contributed by atoms with Crippen molar-refractivity contribution in [2.24, 2.45) is 17.6 Å². The SMILES string of the molecule is NCC1CCCCC1CNS(=O)(=O)c1cccc(F)c1.